The predicted octanol–water partition coefficient (Wildman–Crippen LogP) is 6.55. The van der Waals surface area contributed by atoms with Crippen LogP contribution in [0.4, 0.5) is 0 Å². The summed E-state index contributed by atoms with van der Waals surface area (Å²) in [5.41, 5.74) is 0. The number of halogens is 2. The summed E-state index contributed by atoms with van der Waals surface area (Å²) in [5.74, 6) is 0.843. The lowest BCUT2D eigenvalue weighted by molar-refractivity contribution is 0.0527. The maximum Gasteiger partial charge on any atom is 0.348 e. The van der Waals surface area contributed by atoms with E-state index < -0.39 is 0 Å². The van der Waals surface area contributed by atoms with Crippen LogP contribution in [0.3, 0.4) is 0 Å². The van der Waals surface area contributed by atoms with Gasteiger partial charge in [-0.05, 0) is 70.0 Å². The van der Waals surface area contributed by atoms with Gasteiger partial charge in [-0.25, -0.2) is 9.59 Å². The Balaban J connectivity index is 1.59. The quantitative estimate of drug-likeness (QED) is 0.182. The molecule has 148 valence electrons. The zero-order chi connectivity index (χ0) is 19.9. The molecule has 0 aliphatic rings. The molecule has 0 aliphatic heterocycles. The van der Waals surface area contributed by atoms with Crippen LogP contribution in [0, 0.1) is 0 Å². The molecule has 4 nitrogen and oxygen atoms in total. The van der Waals surface area contributed by atoms with Crippen molar-refractivity contribution in [3.05, 3.63) is 41.6 Å². The van der Waals surface area contributed by atoms with Gasteiger partial charge in [0.1, 0.15) is 23.0 Å². The van der Waals surface area contributed by atoms with Gasteiger partial charge in [-0.3, -0.25) is 0 Å². The lowest BCUT2D eigenvalue weighted by Crippen LogP contribution is -2.16. The van der Waals surface area contributed by atoms with Crippen LogP contribution in [0.15, 0.2) is 31.8 Å². The number of esters is 2. The minimum absolute atomic E-state index is 0.0588. The zero-order valence-electron chi connectivity index (χ0n) is 14.7. The molecule has 27 heavy (non-hydrogen) atoms. The molecule has 10 heteroatoms. The van der Waals surface area contributed by atoms with Crippen LogP contribution < -0.4 is 0 Å². The number of hydrogen-bond acceptors (Lipinski definition) is 8. The first-order valence-corrected chi connectivity index (χ1v) is 13.1. The number of hydrogen-bond donors (Lipinski definition) is 0. The summed E-state index contributed by atoms with van der Waals surface area (Å²) in [6, 6.07) is 7.17. The molecule has 0 amide bonds. The number of rotatable bonds is 10. The fourth-order valence-electron chi connectivity index (χ4n) is 1.88. The van der Waals surface area contributed by atoms with Crippen LogP contribution in [0.25, 0.3) is 0 Å². The zero-order valence-corrected chi connectivity index (χ0v) is 21.1. The maximum atomic E-state index is 11.9. The number of ether oxygens (including phenoxy) is 2. The molecule has 0 spiro atoms. The Kier molecular flexibility index (Phi) is 9.70. The Morgan fingerprint density at radius 1 is 0.889 bits per heavy atom. The maximum absolute atomic E-state index is 11.9. The second kappa shape index (κ2) is 11.3. The third-order valence-electron chi connectivity index (χ3n) is 3.08. The molecule has 2 aromatic rings. The second-order valence-corrected chi connectivity index (χ2v) is 14.2. The van der Waals surface area contributed by atoms with Gasteiger partial charge in [0.2, 0.25) is 0 Å². The van der Waals surface area contributed by atoms with Crippen molar-refractivity contribution in [1.82, 2.24) is 0 Å². The van der Waals surface area contributed by atoms with Crippen molar-refractivity contribution >= 4 is 90.0 Å². The summed E-state index contributed by atoms with van der Waals surface area (Å²) in [4.78, 5) is 25.0. The van der Waals surface area contributed by atoms with Crippen LogP contribution in [-0.2, 0) is 9.47 Å². The molecule has 2 heterocycles. The van der Waals surface area contributed by atoms with Gasteiger partial charge in [0.05, 0.1) is 11.7 Å². The summed E-state index contributed by atoms with van der Waals surface area (Å²) < 4.78 is 12.3. The third kappa shape index (κ3) is 8.49. The monoisotopic (exact) mass is 572 g/mol. The highest BCUT2D eigenvalue weighted by molar-refractivity contribution is 9.11. The van der Waals surface area contributed by atoms with E-state index in [0.29, 0.717) is 34.5 Å². The number of thiophene rings is 2. The molecule has 2 rings (SSSR count). The van der Waals surface area contributed by atoms with E-state index in [2.05, 4.69) is 45.7 Å². The van der Waals surface area contributed by atoms with Crippen molar-refractivity contribution in [2.75, 3.05) is 24.7 Å². The smallest absolute Gasteiger partial charge is 0.348 e. The molecule has 0 fully saturated rings. The highest BCUT2D eigenvalue weighted by Crippen LogP contribution is 2.36. The van der Waals surface area contributed by atoms with E-state index in [-0.39, 0.29) is 16.0 Å². The standard InChI is InChI=1S/C17H18Br2O4S4/c1-17(2,24-9-7-22-15(20)11-3-5-13(18)26-11)25-10-8-23-16(21)12-4-6-14(19)27-12/h3-6H,7-10H2,1-2H3. The Morgan fingerprint density at radius 3 is 1.63 bits per heavy atom. The van der Waals surface area contributed by atoms with Gasteiger partial charge in [-0.15, -0.1) is 46.2 Å². The number of carbonyl (C=O) groups is 2. The van der Waals surface area contributed by atoms with E-state index >= 15 is 0 Å². The van der Waals surface area contributed by atoms with Gasteiger partial charge < -0.3 is 9.47 Å². The van der Waals surface area contributed by atoms with E-state index in [1.54, 1.807) is 35.7 Å². The second-order valence-electron chi connectivity index (χ2n) is 5.58. The van der Waals surface area contributed by atoms with Gasteiger partial charge in [0.15, 0.2) is 0 Å². The summed E-state index contributed by atoms with van der Waals surface area (Å²) in [5, 5.41) is 0. The molecule has 0 N–H and O–H groups in total. The van der Waals surface area contributed by atoms with Crippen molar-refractivity contribution < 1.29 is 19.1 Å². The molecule has 0 saturated heterocycles. The fourth-order valence-corrected chi connectivity index (χ4v) is 6.59. The normalized spacial score (nSPS) is 11.4. The topological polar surface area (TPSA) is 52.6 Å². The van der Waals surface area contributed by atoms with Gasteiger partial charge in [0, 0.05) is 11.5 Å². The number of thioether (sulfide) groups is 2. The molecule has 0 aromatic carbocycles. The third-order valence-corrected chi connectivity index (χ3v) is 9.13. The Hall–Kier alpha value is -0.000000000000000194. The predicted molar refractivity (Wildman–Crippen MR) is 124 cm³/mol. The molecule has 2 aromatic heterocycles. The van der Waals surface area contributed by atoms with Crippen molar-refractivity contribution in [2.24, 2.45) is 0 Å². The van der Waals surface area contributed by atoms with Crippen molar-refractivity contribution in [3.63, 3.8) is 0 Å². The summed E-state index contributed by atoms with van der Waals surface area (Å²) in [6.07, 6.45) is 0. The van der Waals surface area contributed by atoms with E-state index in [9.17, 15) is 9.59 Å². The Labute approximate surface area is 192 Å². The first-order valence-electron chi connectivity index (χ1n) is 7.90. The molecule has 0 unspecified atom stereocenters. The summed E-state index contributed by atoms with van der Waals surface area (Å²) in [6.45, 7) is 4.95. The largest absolute Gasteiger partial charge is 0.461 e. The van der Waals surface area contributed by atoms with Gasteiger partial charge >= 0.3 is 11.9 Å². The fraction of sp³-hybridized carbons (Fsp3) is 0.412. The van der Waals surface area contributed by atoms with Crippen LogP contribution in [-0.4, -0.2) is 40.7 Å². The minimum atomic E-state index is -0.288. The summed E-state index contributed by atoms with van der Waals surface area (Å²) in [7, 11) is 0. The molecular formula is C17H18Br2O4S4. The average Bonchev–Trinajstić information content (AvgIpc) is 3.24. The summed E-state index contributed by atoms with van der Waals surface area (Å²) >= 11 is 12.8. The van der Waals surface area contributed by atoms with E-state index in [1.807, 2.05) is 12.1 Å². The molecule has 0 radical (unpaired) electrons. The lowest BCUT2D eigenvalue weighted by Gasteiger charge is -2.23. The van der Waals surface area contributed by atoms with Crippen LogP contribution in [0.5, 0.6) is 0 Å². The molecular weight excluding hydrogens is 556 g/mol. The van der Waals surface area contributed by atoms with Gasteiger partial charge in [-0.2, -0.15) is 0 Å². The molecule has 0 bridgehead atoms. The van der Waals surface area contributed by atoms with Crippen LogP contribution in [0.2, 0.25) is 0 Å². The van der Waals surface area contributed by atoms with Crippen LogP contribution >= 0.6 is 78.1 Å². The molecule has 0 saturated carbocycles. The molecule has 0 atom stereocenters. The SMILES string of the molecule is CC(C)(SCCOC(=O)c1ccc(Br)s1)SCCOC(=O)c1ccc(Br)s1. The molecule has 0 aliphatic carbocycles. The highest BCUT2D eigenvalue weighted by atomic mass is 79.9. The van der Waals surface area contributed by atoms with E-state index in [1.165, 1.54) is 22.7 Å². The number of carbonyl (C=O) groups excluding carboxylic acids is 2. The average molecular weight is 574 g/mol. The minimum Gasteiger partial charge on any atom is -0.461 e. The lowest BCUT2D eigenvalue weighted by atomic mass is 10.5. The Bertz CT molecular complexity index is 710. The van der Waals surface area contributed by atoms with E-state index in [0.717, 1.165) is 7.57 Å². The first-order chi connectivity index (χ1) is 12.8. The van der Waals surface area contributed by atoms with E-state index in [4.69, 9.17) is 9.47 Å². The Morgan fingerprint density at radius 2 is 1.30 bits per heavy atom. The van der Waals surface area contributed by atoms with Crippen molar-refractivity contribution in [2.45, 2.75) is 17.9 Å². The van der Waals surface area contributed by atoms with Gasteiger partial charge in [-0.1, -0.05) is 0 Å². The first kappa shape index (κ1) is 23.3. The highest BCUT2D eigenvalue weighted by Gasteiger charge is 2.20. The van der Waals surface area contributed by atoms with Gasteiger partial charge in [0.25, 0.3) is 0 Å². The van der Waals surface area contributed by atoms with Crippen molar-refractivity contribution in [3.8, 4) is 0 Å². The van der Waals surface area contributed by atoms with Crippen molar-refractivity contribution in [1.29, 1.82) is 0 Å². The van der Waals surface area contributed by atoms with Crippen LogP contribution in [0.1, 0.15) is 33.2 Å².